The van der Waals surface area contributed by atoms with Crippen LogP contribution in [-0.2, 0) is 4.79 Å². The number of ether oxygens (including phenoxy) is 1. The Balaban J connectivity index is 2.49. The van der Waals surface area contributed by atoms with E-state index in [4.69, 9.17) is 33.0 Å². The van der Waals surface area contributed by atoms with Crippen LogP contribution >= 0.6 is 23.2 Å². The van der Waals surface area contributed by atoms with Crippen molar-refractivity contribution in [1.82, 2.24) is 0 Å². The van der Waals surface area contributed by atoms with E-state index in [-0.39, 0.29) is 33.4 Å². The number of rotatable bonds is 3. The van der Waals surface area contributed by atoms with Crippen LogP contribution in [0.25, 0.3) is 0 Å². The number of fused-ring (bicyclic) bond motifs is 1. The lowest BCUT2D eigenvalue weighted by Gasteiger charge is -2.12. The number of halogens is 2. The second-order valence-electron chi connectivity index (χ2n) is 4.59. The normalized spacial score (nSPS) is 21.4. The summed E-state index contributed by atoms with van der Waals surface area (Å²) in [5, 5.41) is 8.83. The molecule has 0 aliphatic heterocycles. The zero-order valence-electron chi connectivity index (χ0n) is 10.4. The highest BCUT2D eigenvalue weighted by Gasteiger charge is 2.37. The fourth-order valence-corrected chi connectivity index (χ4v) is 2.70. The third-order valence-electron chi connectivity index (χ3n) is 3.46. The van der Waals surface area contributed by atoms with Gasteiger partial charge in [-0.1, -0.05) is 37.0 Å². The van der Waals surface area contributed by atoms with Crippen molar-refractivity contribution in [2.45, 2.75) is 19.8 Å². The number of benzene rings is 1. The lowest BCUT2D eigenvalue weighted by atomic mass is 9.96. The van der Waals surface area contributed by atoms with Gasteiger partial charge in [-0.05, 0) is 17.5 Å². The molecule has 1 aromatic carbocycles. The Labute approximate surface area is 120 Å². The molecule has 2 rings (SSSR count). The third-order valence-corrected chi connectivity index (χ3v) is 4.31. The number of carbonyl (C=O) groups excluding carboxylic acids is 1. The highest BCUT2D eigenvalue weighted by atomic mass is 35.5. The fraction of sp³-hybridized carbons (Fsp3) is 0.385. The van der Waals surface area contributed by atoms with Crippen LogP contribution < -0.4 is 4.74 Å². The van der Waals surface area contributed by atoms with Gasteiger partial charge in [0, 0.05) is 11.5 Å². The lowest BCUT2D eigenvalue weighted by molar-refractivity contribution is -0.139. The molecular weight excluding hydrogens is 291 g/mol. The maximum Gasteiger partial charge on any atom is 0.341 e. The summed E-state index contributed by atoms with van der Waals surface area (Å²) in [6.45, 7) is 3.24. The number of hydrogen-bond acceptors (Lipinski definition) is 3. The molecule has 1 aliphatic carbocycles. The van der Waals surface area contributed by atoms with Crippen LogP contribution in [0.1, 0.15) is 35.7 Å². The molecule has 2 atom stereocenters. The van der Waals surface area contributed by atoms with Crippen LogP contribution in [0.4, 0.5) is 0 Å². The molecule has 0 radical (unpaired) electrons. The van der Waals surface area contributed by atoms with Gasteiger partial charge in [-0.15, -0.1) is 0 Å². The second kappa shape index (κ2) is 5.02. The molecule has 102 valence electrons. The first-order chi connectivity index (χ1) is 8.84. The van der Waals surface area contributed by atoms with E-state index in [1.165, 1.54) is 0 Å². The standard InChI is InChI=1S/C13H12Cl2O4/c1-5-6(2)13(18)10-7(5)3-8(11(14)12(10)15)19-4-9(16)17/h3,5-6H,4H2,1-2H3,(H,16,17)/t5-,6-/m1/s1. The predicted molar refractivity (Wildman–Crippen MR) is 71.5 cm³/mol. The molecule has 0 unspecified atom stereocenters. The topological polar surface area (TPSA) is 63.6 Å². The molecule has 1 aromatic rings. The highest BCUT2D eigenvalue weighted by molar-refractivity contribution is 6.45. The van der Waals surface area contributed by atoms with E-state index < -0.39 is 12.6 Å². The Morgan fingerprint density at radius 3 is 2.53 bits per heavy atom. The molecule has 6 heteroatoms. The van der Waals surface area contributed by atoms with Gasteiger partial charge in [0.2, 0.25) is 0 Å². The van der Waals surface area contributed by atoms with Gasteiger partial charge in [-0.25, -0.2) is 4.79 Å². The number of carboxylic acid groups (broad SMARTS) is 1. The van der Waals surface area contributed by atoms with Crippen LogP contribution in [0.5, 0.6) is 5.75 Å². The Kier molecular flexibility index (Phi) is 3.74. The van der Waals surface area contributed by atoms with Crippen molar-refractivity contribution < 1.29 is 19.4 Å². The molecule has 0 spiro atoms. The average Bonchev–Trinajstić information content (AvgIpc) is 2.57. The molecule has 0 amide bonds. The summed E-state index contributed by atoms with van der Waals surface area (Å²) in [4.78, 5) is 22.6. The number of carbonyl (C=O) groups is 2. The minimum absolute atomic E-state index is 0.00412. The van der Waals surface area contributed by atoms with Gasteiger partial charge in [-0.2, -0.15) is 0 Å². The first-order valence-electron chi connectivity index (χ1n) is 5.75. The summed E-state index contributed by atoms with van der Waals surface area (Å²) >= 11 is 12.1. The van der Waals surface area contributed by atoms with Crippen molar-refractivity contribution in [3.05, 3.63) is 27.2 Å². The van der Waals surface area contributed by atoms with Crippen LogP contribution in [0, 0.1) is 5.92 Å². The molecule has 0 saturated heterocycles. The highest BCUT2D eigenvalue weighted by Crippen LogP contribution is 2.46. The van der Waals surface area contributed by atoms with Crippen molar-refractivity contribution in [2.75, 3.05) is 6.61 Å². The van der Waals surface area contributed by atoms with E-state index in [1.807, 2.05) is 13.8 Å². The number of Topliss-reactive ketones (excluding diaryl/α,β-unsaturated/α-hetero) is 1. The number of carboxylic acids is 1. The molecule has 4 nitrogen and oxygen atoms in total. The Morgan fingerprint density at radius 2 is 1.95 bits per heavy atom. The minimum Gasteiger partial charge on any atom is -0.480 e. The van der Waals surface area contributed by atoms with Crippen LogP contribution in [0.3, 0.4) is 0 Å². The van der Waals surface area contributed by atoms with Crippen molar-refractivity contribution in [2.24, 2.45) is 5.92 Å². The van der Waals surface area contributed by atoms with E-state index in [0.29, 0.717) is 5.56 Å². The molecular formula is C13H12Cl2O4. The second-order valence-corrected chi connectivity index (χ2v) is 5.35. The predicted octanol–water partition coefficient (Wildman–Crippen LogP) is 3.39. The van der Waals surface area contributed by atoms with Gasteiger partial charge >= 0.3 is 5.97 Å². The van der Waals surface area contributed by atoms with E-state index in [2.05, 4.69) is 0 Å². The maximum atomic E-state index is 12.1. The van der Waals surface area contributed by atoms with Crippen molar-refractivity contribution in [3.8, 4) is 5.75 Å². The van der Waals surface area contributed by atoms with Crippen LogP contribution in [0.2, 0.25) is 10.0 Å². The summed E-state index contributed by atoms with van der Waals surface area (Å²) in [6, 6.07) is 1.61. The van der Waals surface area contributed by atoms with Crippen LogP contribution in [-0.4, -0.2) is 23.5 Å². The van der Waals surface area contributed by atoms with Gasteiger partial charge in [0.05, 0.1) is 5.02 Å². The Bertz CT molecular complexity index is 568. The van der Waals surface area contributed by atoms with Crippen molar-refractivity contribution in [3.63, 3.8) is 0 Å². The van der Waals surface area contributed by atoms with Gasteiger partial charge in [-0.3, -0.25) is 4.79 Å². The summed E-state index contributed by atoms with van der Waals surface area (Å²) in [7, 11) is 0. The van der Waals surface area contributed by atoms with Gasteiger partial charge in [0.1, 0.15) is 10.8 Å². The first-order valence-corrected chi connectivity index (χ1v) is 6.50. The smallest absolute Gasteiger partial charge is 0.341 e. The van der Waals surface area contributed by atoms with Crippen molar-refractivity contribution in [1.29, 1.82) is 0 Å². The molecule has 0 heterocycles. The summed E-state index contributed by atoms with van der Waals surface area (Å²) < 4.78 is 5.10. The van der Waals surface area contributed by atoms with E-state index in [0.717, 1.165) is 5.56 Å². The number of aliphatic carboxylic acids is 1. The Morgan fingerprint density at radius 1 is 1.32 bits per heavy atom. The molecule has 1 N–H and O–H groups in total. The van der Waals surface area contributed by atoms with Crippen molar-refractivity contribution >= 4 is 35.0 Å². The van der Waals surface area contributed by atoms with Gasteiger partial charge in [0.15, 0.2) is 12.4 Å². The van der Waals surface area contributed by atoms with E-state index in [9.17, 15) is 9.59 Å². The molecule has 0 aromatic heterocycles. The zero-order valence-corrected chi connectivity index (χ0v) is 11.9. The number of ketones is 1. The monoisotopic (exact) mass is 302 g/mol. The zero-order chi connectivity index (χ0) is 14.3. The molecule has 0 bridgehead atoms. The van der Waals surface area contributed by atoms with Gasteiger partial charge < -0.3 is 9.84 Å². The average molecular weight is 303 g/mol. The molecule has 0 saturated carbocycles. The fourth-order valence-electron chi connectivity index (χ4n) is 2.20. The first kappa shape index (κ1) is 14.2. The largest absolute Gasteiger partial charge is 0.480 e. The molecule has 19 heavy (non-hydrogen) atoms. The molecule has 0 fully saturated rings. The summed E-state index contributed by atoms with van der Waals surface area (Å²) in [5.41, 5.74) is 1.18. The quantitative estimate of drug-likeness (QED) is 0.929. The number of hydrogen-bond donors (Lipinski definition) is 1. The minimum atomic E-state index is -1.11. The van der Waals surface area contributed by atoms with E-state index in [1.54, 1.807) is 6.07 Å². The van der Waals surface area contributed by atoms with E-state index >= 15 is 0 Å². The Hall–Kier alpha value is -1.26. The summed E-state index contributed by atoms with van der Waals surface area (Å²) in [6.07, 6.45) is 0. The molecule has 1 aliphatic rings. The summed E-state index contributed by atoms with van der Waals surface area (Å²) in [5.74, 6) is -1.12. The van der Waals surface area contributed by atoms with Crippen LogP contribution in [0.15, 0.2) is 6.07 Å². The third kappa shape index (κ3) is 2.30. The van der Waals surface area contributed by atoms with Gasteiger partial charge in [0.25, 0.3) is 0 Å². The lowest BCUT2D eigenvalue weighted by Crippen LogP contribution is -2.10. The SMILES string of the molecule is C[C@H]1C(=O)c2c(cc(OCC(=O)O)c(Cl)c2Cl)[C@@H]1C. The maximum absolute atomic E-state index is 12.1.